The molecule has 0 bridgehead atoms. The van der Waals surface area contributed by atoms with Gasteiger partial charge in [-0.05, 0) is 167 Å². The van der Waals surface area contributed by atoms with E-state index in [1.54, 1.807) is 97.1 Å². The van der Waals surface area contributed by atoms with Crippen LogP contribution in [0.1, 0.15) is 144 Å². The van der Waals surface area contributed by atoms with Gasteiger partial charge < -0.3 is 52.1 Å². The van der Waals surface area contributed by atoms with Gasteiger partial charge in [-0.25, -0.2) is 33.6 Å². The summed E-state index contributed by atoms with van der Waals surface area (Å²) in [6.07, 6.45) is 18.0. The number of hydrogen-bond donors (Lipinski definition) is 0. The molecule has 5 aromatic carbocycles. The second kappa shape index (κ2) is 39.3. The molecule has 0 aliphatic carbocycles. The summed E-state index contributed by atoms with van der Waals surface area (Å²) < 4.78 is 60.8. The average molecular weight is 1170 g/mol. The van der Waals surface area contributed by atoms with Crippen molar-refractivity contribution in [3.05, 3.63) is 175 Å². The molecule has 452 valence electrons. The highest BCUT2D eigenvalue weighted by Crippen LogP contribution is 2.28. The van der Waals surface area contributed by atoms with Crippen molar-refractivity contribution in [2.75, 3.05) is 52.9 Å². The maximum absolute atomic E-state index is 13.7. The van der Waals surface area contributed by atoms with Gasteiger partial charge in [0.05, 0.1) is 56.3 Å². The summed E-state index contributed by atoms with van der Waals surface area (Å²) in [5.74, 6) is -1.95. The van der Waals surface area contributed by atoms with E-state index in [-0.39, 0.29) is 47.2 Å². The molecule has 18 heteroatoms. The molecule has 0 atom stereocenters. The third kappa shape index (κ3) is 26.7. The number of unbranched alkanes of at least 4 members (excludes halogenated alkanes) is 13. The summed E-state index contributed by atoms with van der Waals surface area (Å²) in [6.45, 7) is 12.4. The monoisotopic (exact) mass is 1170 g/mol. The standard InChI is InChI=1S/C67H76O18/c1-4-61(68)79-44-20-13-9-7-11-17-41-75-54-31-25-51(26-32-54)65(72)84-58-39-40-60(85-66(73)52-27-33-55(34-28-52)76-42-18-12-8-10-14-21-45-80-62(69)5-2)59(49-58)67(74)82-48-47-78-56-35-37-57(38-36-56)83-64(71)50-23-29-53(30-24-50)77-43-19-15-16-22-46-81-63(70)6-3/h4-6,23-40,49H,1-3,7-22,41-48H2. The molecule has 0 radical (unpaired) electrons. The Morgan fingerprint density at radius 3 is 0.953 bits per heavy atom. The van der Waals surface area contributed by atoms with Gasteiger partial charge in [-0.2, -0.15) is 0 Å². The molecule has 0 aliphatic heterocycles. The first-order valence-electron chi connectivity index (χ1n) is 28.7. The maximum atomic E-state index is 13.7. The van der Waals surface area contributed by atoms with E-state index in [1.807, 2.05) is 0 Å². The van der Waals surface area contributed by atoms with Crippen LogP contribution in [0.15, 0.2) is 153 Å². The molecular weight excluding hydrogens is 1090 g/mol. The van der Waals surface area contributed by atoms with Gasteiger partial charge in [0.2, 0.25) is 0 Å². The van der Waals surface area contributed by atoms with Crippen LogP contribution in [0.25, 0.3) is 0 Å². The van der Waals surface area contributed by atoms with Crippen molar-refractivity contribution >= 4 is 41.8 Å². The van der Waals surface area contributed by atoms with Crippen LogP contribution in [0.2, 0.25) is 0 Å². The van der Waals surface area contributed by atoms with Crippen LogP contribution < -0.4 is 33.2 Å². The van der Waals surface area contributed by atoms with Gasteiger partial charge in [0.25, 0.3) is 0 Å². The van der Waals surface area contributed by atoms with Gasteiger partial charge in [-0.15, -0.1) is 0 Å². The van der Waals surface area contributed by atoms with Crippen molar-refractivity contribution in [3.63, 3.8) is 0 Å². The summed E-state index contributed by atoms with van der Waals surface area (Å²) >= 11 is 0. The van der Waals surface area contributed by atoms with Gasteiger partial charge in [-0.1, -0.05) is 71.1 Å². The number of carbonyl (C=O) groups excluding carboxylic acids is 7. The second-order valence-electron chi connectivity index (χ2n) is 19.2. The van der Waals surface area contributed by atoms with Gasteiger partial charge in [0.15, 0.2) is 0 Å². The molecule has 5 aromatic rings. The fourth-order valence-corrected chi connectivity index (χ4v) is 7.99. The zero-order valence-electron chi connectivity index (χ0n) is 48.1. The van der Waals surface area contributed by atoms with Crippen LogP contribution in [0.5, 0.6) is 40.2 Å². The van der Waals surface area contributed by atoms with E-state index in [9.17, 15) is 33.6 Å². The zero-order valence-corrected chi connectivity index (χ0v) is 48.1. The van der Waals surface area contributed by atoms with Crippen LogP contribution in [0.3, 0.4) is 0 Å². The summed E-state index contributed by atoms with van der Waals surface area (Å²) in [7, 11) is 0. The maximum Gasteiger partial charge on any atom is 0.343 e. The Labute approximate surface area is 496 Å². The third-order valence-electron chi connectivity index (χ3n) is 12.6. The average Bonchev–Trinajstić information content (AvgIpc) is 3.60. The molecule has 0 amide bonds. The van der Waals surface area contributed by atoms with E-state index in [0.717, 1.165) is 121 Å². The number of ether oxygens (including phenoxy) is 11. The molecule has 0 aliphatic rings. The number of carbonyl (C=O) groups is 7. The lowest BCUT2D eigenvalue weighted by Gasteiger charge is -2.13. The van der Waals surface area contributed by atoms with Crippen molar-refractivity contribution in [1.29, 1.82) is 0 Å². The zero-order chi connectivity index (χ0) is 60.7. The fourth-order valence-electron chi connectivity index (χ4n) is 7.99. The molecule has 0 aromatic heterocycles. The third-order valence-corrected chi connectivity index (χ3v) is 12.6. The highest BCUT2D eigenvalue weighted by atomic mass is 16.6. The van der Waals surface area contributed by atoms with Gasteiger partial charge in [-0.3, -0.25) is 0 Å². The molecule has 85 heavy (non-hydrogen) atoms. The van der Waals surface area contributed by atoms with Gasteiger partial charge in [0, 0.05) is 18.2 Å². The summed E-state index contributed by atoms with van der Waals surface area (Å²) in [5.41, 5.74) is 0.529. The quantitative estimate of drug-likeness (QED) is 0.0116. The molecule has 0 saturated carbocycles. The minimum absolute atomic E-state index is 0.0208. The van der Waals surface area contributed by atoms with Crippen molar-refractivity contribution in [3.8, 4) is 40.2 Å². The predicted octanol–water partition coefficient (Wildman–Crippen LogP) is 13.1. The van der Waals surface area contributed by atoms with E-state index in [2.05, 4.69) is 19.7 Å². The van der Waals surface area contributed by atoms with Crippen LogP contribution in [0, 0.1) is 0 Å². The number of hydrogen-bond acceptors (Lipinski definition) is 18. The van der Waals surface area contributed by atoms with Crippen molar-refractivity contribution < 1.29 is 85.7 Å². The van der Waals surface area contributed by atoms with Crippen molar-refractivity contribution in [2.24, 2.45) is 0 Å². The Hall–Kier alpha value is -9.19. The number of benzene rings is 5. The first kappa shape index (κ1) is 66.6. The SMILES string of the molecule is C=CC(=O)OCCCCCCCCOc1ccc(C(=O)Oc2ccc(OC(=O)c3ccc(OCCCCCCCCOC(=O)C=C)cc3)c(C(=O)OCCOc3ccc(OC(=O)c4ccc(OCCCCCCOC(=O)C=C)cc4)cc3)c2)cc1. The summed E-state index contributed by atoms with van der Waals surface area (Å²) in [5, 5.41) is 0. The normalized spacial score (nSPS) is 10.5. The Bertz CT molecular complexity index is 2890. The largest absolute Gasteiger partial charge is 0.494 e. The van der Waals surface area contributed by atoms with Crippen LogP contribution in [-0.2, 0) is 33.3 Å². The lowest BCUT2D eigenvalue weighted by atomic mass is 10.1. The first-order valence-corrected chi connectivity index (χ1v) is 28.7. The van der Waals surface area contributed by atoms with E-state index in [0.29, 0.717) is 68.2 Å². The van der Waals surface area contributed by atoms with Crippen molar-refractivity contribution in [1.82, 2.24) is 0 Å². The van der Waals surface area contributed by atoms with Crippen molar-refractivity contribution in [2.45, 2.75) is 103 Å². The lowest BCUT2D eigenvalue weighted by Crippen LogP contribution is -2.16. The highest BCUT2D eigenvalue weighted by Gasteiger charge is 2.21. The highest BCUT2D eigenvalue weighted by molar-refractivity contribution is 5.97. The van der Waals surface area contributed by atoms with Crippen LogP contribution >= 0.6 is 0 Å². The molecule has 0 saturated heterocycles. The van der Waals surface area contributed by atoms with E-state index in [4.69, 9.17) is 52.1 Å². The molecule has 5 rings (SSSR count). The Kier molecular flexibility index (Phi) is 30.8. The van der Waals surface area contributed by atoms with Crippen LogP contribution in [-0.4, -0.2) is 94.6 Å². The minimum Gasteiger partial charge on any atom is -0.494 e. The molecule has 0 N–H and O–H groups in total. The topological polar surface area (TPSA) is 221 Å². The molecule has 18 nitrogen and oxygen atoms in total. The Morgan fingerprint density at radius 1 is 0.282 bits per heavy atom. The Balaban J connectivity index is 1.10. The van der Waals surface area contributed by atoms with Gasteiger partial charge >= 0.3 is 41.8 Å². The first-order chi connectivity index (χ1) is 41.4. The summed E-state index contributed by atoms with van der Waals surface area (Å²) in [6, 6.07) is 29.7. The number of esters is 7. The van der Waals surface area contributed by atoms with E-state index >= 15 is 0 Å². The van der Waals surface area contributed by atoms with E-state index in [1.165, 1.54) is 18.2 Å². The predicted molar refractivity (Wildman–Crippen MR) is 317 cm³/mol. The minimum atomic E-state index is -0.894. The molecule has 0 spiro atoms. The Morgan fingerprint density at radius 2 is 0.576 bits per heavy atom. The lowest BCUT2D eigenvalue weighted by molar-refractivity contribution is -0.138. The van der Waals surface area contributed by atoms with Crippen LogP contribution in [0.4, 0.5) is 0 Å². The fraction of sp³-hybridized carbons (Fsp3) is 0.358. The molecule has 0 heterocycles. The van der Waals surface area contributed by atoms with E-state index < -0.39 is 41.8 Å². The smallest absolute Gasteiger partial charge is 0.343 e. The van der Waals surface area contributed by atoms with Gasteiger partial charge in [0.1, 0.15) is 59.0 Å². The summed E-state index contributed by atoms with van der Waals surface area (Å²) in [4.78, 5) is 86.9. The molecular formula is C67H76O18. The number of rotatable bonds is 42. The molecule has 0 fully saturated rings. The molecule has 0 unspecified atom stereocenters. The second-order valence-corrected chi connectivity index (χ2v) is 19.2.